The lowest BCUT2D eigenvalue weighted by molar-refractivity contribution is -0.117. The summed E-state index contributed by atoms with van der Waals surface area (Å²) in [7, 11) is 0. The molecule has 3 amide bonds. The Morgan fingerprint density at radius 3 is 2.04 bits per heavy atom. The third-order valence-electron chi connectivity index (χ3n) is 3.72. The van der Waals surface area contributed by atoms with Gasteiger partial charge in [-0.2, -0.15) is 5.26 Å². The van der Waals surface area contributed by atoms with Crippen molar-refractivity contribution in [2.75, 3.05) is 10.6 Å². The monoisotopic (exact) mass is 350 g/mol. The third kappa shape index (κ3) is 4.68. The van der Waals surface area contributed by atoms with Gasteiger partial charge in [-0.1, -0.05) is 19.1 Å². The summed E-state index contributed by atoms with van der Waals surface area (Å²) in [6.07, 6.45) is 0.869. The Hall–Kier alpha value is -3.66. The normalized spacial score (nSPS) is 11.1. The van der Waals surface area contributed by atoms with E-state index in [1.807, 2.05) is 19.1 Å². The lowest BCUT2D eigenvalue weighted by Gasteiger charge is -2.10. The predicted octanol–water partition coefficient (Wildman–Crippen LogP) is 2.70. The van der Waals surface area contributed by atoms with Crippen LogP contribution in [0.1, 0.15) is 22.8 Å². The fourth-order valence-corrected chi connectivity index (χ4v) is 2.30. The Kier molecular flexibility index (Phi) is 6.06. The zero-order valence-corrected chi connectivity index (χ0v) is 14.2. The number of hydrogen-bond acceptors (Lipinski definition) is 4. The van der Waals surface area contributed by atoms with Crippen molar-refractivity contribution >= 4 is 29.1 Å². The van der Waals surface area contributed by atoms with Gasteiger partial charge in [-0.05, 0) is 48.4 Å². The Bertz CT molecular complexity index is 852. The van der Waals surface area contributed by atoms with Crippen LogP contribution in [0.3, 0.4) is 0 Å². The maximum Gasteiger partial charge on any atom is 0.316 e. The van der Waals surface area contributed by atoms with E-state index in [9.17, 15) is 19.6 Å². The minimum absolute atomic E-state index is 0.183. The number of anilines is 2. The van der Waals surface area contributed by atoms with Crippen molar-refractivity contribution < 1.29 is 14.4 Å². The molecule has 2 aromatic carbocycles. The van der Waals surface area contributed by atoms with E-state index in [-0.39, 0.29) is 5.56 Å². The zero-order chi connectivity index (χ0) is 19.1. The van der Waals surface area contributed by atoms with Crippen LogP contribution in [-0.4, -0.2) is 17.7 Å². The molecule has 0 radical (unpaired) electrons. The first kappa shape index (κ1) is 18.7. The van der Waals surface area contributed by atoms with Crippen LogP contribution >= 0.6 is 0 Å². The van der Waals surface area contributed by atoms with Gasteiger partial charge in [0.1, 0.15) is 0 Å². The second kappa shape index (κ2) is 8.44. The highest BCUT2D eigenvalue weighted by molar-refractivity contribution is 6.15. The van der Waals surface area contributed by atoms with Gasteiger partial charge in [0.05, 0.1) is 6.07 Å². The first-order valence-electron chi connectivity index (χ1n) is 7.94. The summed E-state index contributed by atoms with van der Waals surface area (Å²) in [5.41, 5.74) is 7.23. The first-order valence-corrected chi connectivity index (χ1v) is 7.94. The van der Waals surface area contributed by atoms with Crippen LogP contribution in [0.25, 0.3) is 0 Å². The summed E-state index contributed by atoms with van der Waals surface area (Å²) >= 11 is 0. The van der Waals surface area contributed by atoms with Gasteiger partial charge < -0.3 is 16.4 Å². The van der Waals surface area contributed by atoms with Crippen LogP contribution in [0.4, 0.5) is 16.2 Å². The Morgan fingerprint density at radius 1 is 1.00 bits per heavy atom. The lowest BCUT2D eigenvalue weighted by atomic mass is 9.97. The van der Waals surface area contributed by atoms with E-state index in [1.165, 1.54) is 24.3 Å². The van der Waals surface area contributed by atoms with E-state index in [1.54, 1.807) is 18.2 Å². The van der Waals surface area contributed by atoms with E-state index >= 15 is 0 Å². The summed E-state index contributed by atoms with van der Waals surface area (Å²) < 4.78 is 0. The number of primary amides is 1. The smallest absolute Gasteiger partial charge is 0.316 e. The molecular formula is C19H18N4O3. The third-order valence-corrected chi connectivity index (χ3v) is 3.72. The summed E-state index contributed by atoms with van der Waals surface area (Å²) in [5.74, 6) is -2.79. The van der Waals surface area contributed by atoms with Gasteiger partial charge in [0.15, 0.2) is 11.7 Å². The average molecular weight is 350 g/mol. The number of amides is 3. The molecule has 2 rings (SSSR count). The minimum atomic E-state index is -1.48. The van der Waals surface area contributed by atoms with E-state index < -0.39 is 23.6 Å². The first-order chi connectivity index (χ1) is 12.4. The minimum Gasteiger partial charge on any atom is -0.351 e. The van der Waals surface area contributed by atoms with Crippen LogP contribution in [0.15, 0.2) is 48.5 Å². The number of hydrogen-bond donors (Lipinski definition) is 3. The molecule has 0 fully saturated rings. The van der Waals surface area contributed by atoms with Crippen molar-refractivity contribution in [3.63, 3.8) is 0 Å². The van der Waals surface area contributed by atoms with E-state index in [4.69, 9.17) is 5.73 Å². The average Bonchev–Trinajstić information content (AvgIpc) is 2.63. The van der Waals surface area contributed by atoms with Gasteiger partial charge in [-0.3, -0.25) is 9.59 Å². The topological polar surface area (TPSA) is 125 Å². The van der Waals surface area contributed by atoms with Crippen molar-refractivity contribution in [2.45, 2.75) is 13.3 Å². The fraction of sp³-hybridized carbons (Fsp3) is 0.158. The number of Topliss-reactive ketones (excluding diaryl/α,β-unsaturated/α-hetero) is 1. The second-order valence-electron chi connectivity index (χ2n) is 5.53. The molecule has 26 heavy (non-hydrogen) atoms. The number of nitrogens with two attached hydrogens (primary N) is 1. The number of rotatable bonds is 6. The Labute approximate surface area is 150 Å². The van der Waals surface area contributed by atoms with Crippen LogP contribution in [0.2, 0.25) is 0 Å². The number of nitriles is 1. The summed E-state index contributed by atoms with van der Waals surface area (Å²) in [4.78, 5) is 35.5. The van der Waals surface area contributed by atoms with Gasteiger partial charge in [0.25, 0.3) is 0 Å². The van der Waals surface area contributed by atoms with Gasteiger partial charge in [0.2, 0.25) is 5.91 Å². The largest absolute Gasteiger partial charge is 0.351 e. The highest BCUT2D eigenvalue weighted by Crippen LogP contribution is 2.16. The van der Waals surface area contributed by atoms with Crippen molar-refractivity contribution in [1.29, 1.82) is 5.26 Å². The number of nitrogens with one attached hydrogen (secondary N) is 2. The van der Waals surface area contributed by atoms with E-state index in [2.05, 4.69) is 10.6 Å². The Balaban J connectivity index is 2.10. The molecule has 0 aliphatic heterocycles. The number of ketones is 1. The van der Waals surface area contributed by atoms with Crippen LogP contribution in [0, 0.1) is 17.2 Å². The van der Waals surface area contributed by atoms with Gasteiger partial charge in [0, 0.05) is 16.9 Å². The number of nitrogens with zero attached hydrogens (tertiary/aromatic N) is 1. The molecule has 132 valence electrons. The number of benzene rings is 2. The van der Waals surface area contributed by atoms with Crippen molar-refractivity contribution in [1.82, 2.24) is 0 Å². The van der Waals surface area contributed by atoms with E-state index in [0.717, 1.165) is 12.0 Å². The molecule has 0 heterocycles. The number of carbonyl (C=O) groups excluding carboxylic acids is 3. The van der Waals surface area contributed by atoms with Crippen LogP contribution < -0.4 is 16.4 Å². The molecule has 0 saturated carbocycles. The molecule has 4 N–H and O–H groups in total. The number of aryl methyl sites for hydroxylation is 1. The SMILES string of the molecule is CCc1ccc(NC(=O)C(C#N)C(=O)c2ccc(NC(N)=O)cc2)cc1. The molecule has 0 aromatic heterocycles. The van der Waals surface area contributed by atoms with Gasteiger partial charge in [-0.15, -0.1) is 0 Å². The van der Waals surface area contributed by atoms with Crippen LogP contribution in [0.5, 0.6) is 0 Å². The highest BCUT2D eigenvalue weighted by atomic mass is 16.2. The van der Waals surface area contributed by atoms with Crippen molar-refractivity contribution in [2.24, 2.45) is 11.7 Å². The number of carbonyl (C=O) groups is 3. The maximum absolute atomic E-state index is 12.4. The highest BCUT2D eigenvalue weighted by Gasteiger charge is 2.27. The summed E-state index contributed by atoms with van der Waals surface area (Å²) in [6.45, 7) is 2.02. The lowest BCUT2D eigenvalue weighted by Crippen LogP contribution is -2.28. The molecule has 1 atom stereocenters. The molecule has 2 aromatic rings. The van der Waals surface area contributed by atoms with Gasteiger partial charge >= 0.3 is 6.03 Å². The molecule has 0 aliphatic carbocycles. The molecular weight excluding hydrogens is 332 g/mol. The van der Waals surface area contributed by atoms with E-state index in [0.29, 0.717) is 11.4 Å². The Morgan fingerprint density at radius 2 is 1.54 bits per heavy atom. The standard InChI is InChI=1S/C19H18N4O3/c1-2-12-3-7-14(8-4-12)22-18(25)16(11-20)17(24)13-5-9-15(10-6-13)23-19(21)26/h3-10,16H,2H2,1H3,(H,22,25)(H3,21,23,26). The molecule has 0 saturated heterocycles. The molecule has 0 bridgehead atoms. The quantitative estimate of drug-likeness (QED) is 0.547. The van der Waals surface area contributed by atoms with Gasteiger partial charge in [-0.25, -0.2) is 4.79 Å². The van der Waals surface area contributed by atoms with Crippen LogP contribution in [-0.2, 0) is 11.2 Å². The predicted molar refractivity (Wildman–Crippen MR) is 97.5 cm³/mol. The molecule has 0 spiro atoms. The second-order valence-corrected chi connectivity index (χ2v) is 5.53. The summed E-state index contributed by atoms with van der Waals surface area (Å²) in [5, 5.41) is 14.2. The molecule has 7 heteroatoms. The molecule has 0 aliphatic rings. The maximum atomic E-state index is 12.4. The molecule has 1 unspecified atom stereocenters. The number of urea groups is 1. The summed E-state index contributed by atoms with van der Waals surface area (Å²) in [6, 6.07) is 14.0. The zero-order valence-electron chi connectivity index (χ0n) is 14.2. The van der Waals surface area contributed by atoms with Crippen molar-refractivity contribution in [3.8, 4) is 6.07 Å². The molecule has 7 nitrogen and oxygen atoms in total. The fourth-order valence-electron chi connectivity index (χ4n) is 2.30. The van der Waals surface area contributed by atoms with Crippen molar-refractivity contribution in [3.05, 3.63) is 59.7 Å².